The second-order valence-electron chi connectivity index (χ2n) is 4.72. The van der Waals surface area contributed by atoms with E-state index in [1.807, 2.05) is 18.2 Å². The van der Waals surface area contributed by atoms with Crippen LogP contribution < -0.4 is 5.32 Å². The molecule has 0 radical (unpaired) electrons. The molecule has 1 aromatic carbocycles. The highest BCUT2D eigenvalue weighted by molar-refractivity contribution is 5.90. The molecule has 2 N–H and O–H groups in total. The maximum absolute atomic E-state index is 11.8. The highest BCUT2D eigenvalue weighted by Gasteiger charge is 2.05. The molecular weight excluding hydrogens is 270 g/mol. The summed E-state index contributed by atoms with van der Waals surface area (Å²) in [6.07, 6.45) is 3.10. The number of amides is 1. The molecule has 0 aliphatic rings. The van der Waals surface area contributed by atoms with E-state index in [0.29, 0.717) is 24.9 Å². The number of aryl methyl sites for hydroxylation is 2. The Morgan fingerprint density at radius 1 is 1.05 bits per heavy atom. The van der Waals surface area contributed by atoms with E-state index >= 15 is 0 Å². The van der Waals surface area contributed by atoms with Crippen LogP contribution in [-0.4, -0.2) is 17.0 Å². The minimum Gasteiger partial charge on any atom is -0.481 e. The van der Waals surface area contributed by atoms with Crippen molar-refractivity contribution in [1.29, 1.82) is 0 Å². The van der Waals surface area contributed by atoms with Crippen LogP contribution >= 0.6 is 0 Å². The predicted octanol–water partition coefficient (Wildman–Crippen LogP) is 2.87. The Labute approximate surface area is 122 Å². The zero-order chi connectivity index (χ0) is 15.1. The molecule has 1 amide bonds. The molecule has 0 fully saturated rings. The number of rotatable bonds is 7. The number of carboxylic acids is 1. The number of hydrogen-bond acceptors (Lipinski definition) is 3. The summed E-state index contributed by atoms with van der Waals surface area (Å²) in [4.78, 5) is 22.3. The van der Waals surface area contributed by atoms with Crippen molar-refractivity contribution < 1.29 is 19.1 Å². The summed E-state index contributed by atoms with van der Waals surface area (Å²) in [5.74, 6) is -0.107. The van der Waals surface area contributed by atoms with Gasteiger partial charge >= 0.3 is 5.97 Å². The van der Waals surface area contributed by atoms with Gasteiger partial charge in [0.2, 0.25) is 5.91 Å². The number of benzene rings is 1. The van der Waals surface area contributed by atoms with Crippen LogP contribution in [0, 0.1) is 0 Å². The van der Waals surface area contributed by atoms with E-state index in [1.54, 1.807) is 24.5 Å². The number of nitrogens with one attached hydrogen (secondary N) is 1. The van der Waals surface area contributed by atoms with Crippen LogP contribution in [0.2, 0.25) is 0 Å². The largest absolute Gasteiger partial charge is 0.481 e. The SMILES string of the molecule is O=C(O)CCc1ccc(NC(=O)CCc2ccco2)cc1. The lowest BCUT2D eigenvalue weighted by atomic mass is 10.1. The fourth-order valence-corrected chi connectivity index (χ4v) is 1.92. The van der Waals surface area contributed by atoms with Crippen molar-refractivity contribution in [3.8, 4) is 0 Å². The number of carboxylic acid groups (broad SMARTS) is 1. The van der Waals surface area contributed by atoms with Crippen LogP contribution in [0.25, 0.3) is 0 Å². The molecule has 5 heteroatoms. The summed E-state index contributed by atoms with van der Waals surface area (Å²) in [6.45, 7) is 0. The summed E-state index contributed by atoms with van der Waals surface area (Å²) in [5.41, 5.74) is 1.64. The van der Waals surface area contributed by atoms with Crippen molar-refractivity contribution in [3.05, 3.63) is 54.0 Å². The van der Waals surface area contributed by atoms with Gasteiger partial charge in [-0.2, -0.15) is 0 Å². The fraction of sp³-hybridized carbons (Fsp3) is 0.250. The molecular formula is C16H17NO4. The van der Waals surface area contributed by atoms with E-state index in [1.165, 1.54) is 0 Å². The fourth-order valence-electron chi connectivity index (χ4n) is 1.92. The third-order valence-electron chi connectivity index (χ3n) is 3.04. The Hall–Kier alpha value is -2.56. The molecule has 0 aliphatic carbocycles. The van der Waals surface area contributed by atoms with Crippen molar-refractivity contribution in [2.45, 2.75) is 25.7 Å². The third-order valence-corrected chi connectivity index (χ3v) is 3.04. The van der Waals surface area contributed by atoms with Crippen molar-refractivity contribution >= 4 is 17.6 Å². The van der Waals surface area contributed by atoms with Crippen molar-refractivity contribution in [1.82, 2.24) is 0 Å². The van der Waals surface area contributed by atoms with Crippen LogP contribution in [-0.2, 0) is 22.4 Å². The normalized spacial score (nSPS) is 10.3. The maximum atomic E-state index is 11.8. The van der Waals surface area contributed by atoms with Gasteiger partial charge in [0.05, 0.1) is 6.26 Å². The molecule has 0 unspecified atom stereocenters. The Bertz CT molecular complexity index is 587. The molecule has 1 heterocycles. The number of carbonyl (C=O) groups is 2. The van der Waals surface area contributed by atoms with Gasteiger partial charge in [-0.15, -0.1) is 0 Å². The van der Waals surface area contributed by atoms with Crippen molar-refractivity contribution in [2.24, 2.45) is 0 Å². The van der Waals surface area contributed by atoms with Gasteiger partial charge in [0.1, 0.15) is 5.76 Å². The number of carbonyl (C=O) groups excluding carboxylic acids is 1. The average molecular weight is 287 g/mol. The lowest BCUT2D eigenvalue weighted by Gasteiger charge is -2.06. The number of aliphatic carboxylic acids is 1. The highest BCUT2D eigenvalue weighted by Crippen LogP contribution is 2.12. The van der Waals surface area contributed by atoms with Crippen molar-refractivity contribution in [3.63, 3.8) is 0 Å². The zero-order valence-corrected chi connectivity index (χ0v) is 11.5. The molecule has 0 spiro atoms. The lowest BCUT2D eigenvalue weighted by Crippen LogP contribution is -2.12. The van der Waals surface area contributed by atoms with Gasteiger partial charge < -0.3 is 14.8 Å². The minimum absolute atomic E-state index is 0.0790. The summed E-state index contributed by atoms with van der Waals surface area (Å²) < 4.78 is 5.17. The first-order chi connectivity index (χ1) is 10.1. The van der Waals surface area contributed by atoms with Crippen LogP contribution in [0.15, 0.2) is 47.1 Å². The topological polar surface area (TPSA) is 79.5 Å². The van der Waals surface area contributed by atoms with E-state index in [4.69, 9.17) is 9.52 Å². The second kappa shape index (κ2) is 7.28. The van der Waals surface area contributed by atoms with Crippen LogP contribution in [0.1, 0.15) is 24.2 Å². The first kappa shape index (κ1) is 14.8. The molecule has 0 aliphatic heterocycles. The van der Waals surface area contributed by atoms with Gasteiger partial charge in [-0.1, -0.05) is 12.1 Å². The molecule has 110 valence electrons. The van der Waals surface area contributed by atoms with Crippen LogP contribution in [0.5, 0.6) is 0 Å². The summed E-state index contributed by atoms with van der Waals surface area (Å²) in [6, 6.07) is 10.8. The summed E-state index contributed by atoms with van der Waals surface area (Å²) in [5, 5.41) is 11.4. The van der Waals surface area contributed by atoms with E-state index in [2.05, 4.69) is 5.32 Å². The summed E-state index contributed by atoms with van der Waals surface area (Å²) in [7, 11) is 0. The monoisotopic (exact) mass is 287 g/mol. The first-order valence-corrected chi connectivity index (χ1v) is 6.76. The van der Waals surface area contributed by atoms with Gasteiger partial charge in [-0.3, -0.25) is 9.59 Å². The standard InChI is InChI=1S/C16H17NO4/c18-15(9-8-14-2-1-11-21-14)17-13-6-3-12(4-7-13)5-10-16(19)20/h1-4,6-7,11H,5,8-10H2,(H,17,18)(H,19,20). The van der Waals surface area contributed by atoms with E-state index in [0.717, 1.165) is 11.3 Å². The second-order valence-corrected chi connectivity index (χ2v) is 4.72. The van der Waals surface area contributed by atoms with Gasteiger partial charge in [-0.05, 0) is 36.2 Å². The number of furan rings is 1. The van der Waals surface area contributed by atoms with Gasteiger partial charge in [0, 0.05) is 24.9 Å². The van der Waals surface area contributed by atoms with Crippen molar-refractivity contribution in [2.75, 3.05) is 5.32 Å². The minimum atomic E-state index is -0.815. The molecule has 2 aromatic rings. The van der Waals surface area contributed by atoms with Crippen LogP contribution in [0.3, 0.4) is 0 Å². The van der Waals surface area contributed by atoms with Gasteiger partial charge in [0.25, 0.3) is 0 Å². The van der Waals surface area contributed by atoms with E-state index < -0.39 is 5.97 Å². The zero-order valence-electron chi connectivity index (χ0n) is 11.5. The Morgan fingerprint density at radius 2 is 1.81 bits per heavy atom. The molecule has 0 atom stereocenters. The molecule has 1 aromatic heterocycles. The highest BCUT2D eigenvalue weighted by atomic mass is 16.4. The van der Waals surface area contributed by atoms with E-state index in [-0.39, 0.29) is 12.3 Å². The first-order valence-electron chi connectivity index (χ1n) is 6.76. The Morgan fingerprint density at radius 3 is 2.43 bits per heavy atom. The molecule has 0 bridgehead atoms. The average Bonchev–Trinajstić information content (AvgIpc) is 2.98. The van der Waals surface area contributed by atoms with Gasteiger partial charge in [0.15, 0.2) is 0 Å². The van der Waals surface area contributed by atoms with E-state index in [9.17, 15) is 9.59 Å². The quantitative estimate of drug-likeness (QED) is 0.820. The molecule has 0 saturated carbocycles. The van der Waals surface area contributed by atoms with Gasteiger partial charge in [-0.25, -0.2) is 0 Å². The Kier molecular flexibility index (Phi) is 5.15. The molecule has 2 rings (SSSR count). The number of hydrogen-bond donors (Lipinski definition) is 2. The maximum Gasteiger partial charge on any atom is 0.303 e. The lowest BCUT2D eigenvalue weighted by molar-refractivity contribution is -0.137. The van der Waals surface area contributed by atoms with Crippen LogP contribution in [0.4, 0.5) is 5.69 Å². The molecule has 21 heavy (non-hydrogen) atoms. The summed E-state index contributed by atoms with van der Waals surface area (Å²) >= 11 is 0. The number of anilines is 1. The third kappa shape index (κ3) is 5.14. The smallest absolute Gasteiger partial charge is 0.303 e. The molecule has 5 nitrogen and oxygen atoms in total. The molecule has 0 saturated heterocycles. The Balaban J connectivity index is 1.79. The predicted molar refractivity (Wildman–Crippen MR) is 78.1 cm³/mol.